The number of ether oxygens (including phenoxy) is 2. The van der Waals surface area contributed by atoms with E-state index in [2.05, 4.69) is 0 Å². The van der Waals surface area contributed by atoms with Gasteiger partial charge in [0, 0.05) is 5.92 Å². The van der Waals surface area contributed by atoms with Crippen LogP contribution in [-0.4, -0.2) is 31.5 Å². The number of hydrogen-bond acceptors (Lipinski definition) is 5. The smallest absolute Gasteiger partial charge is 0.308 e. The summed E-state index contributed by atoms with van der Waals surface area (Å²) in [6, 6.07) is 11.5. The van der Waals surface area contributed by atoms with Gasteiger partial charge in [0.2, 0.25) is 6.79 Å². The largest absolute Gasteiger partial charge is 0.481 e. The summed E-state index contributed by atoms with van der Waals surface area (Å²) in [4.78, 5) is 11.8. The molecule has 7 heteroatoms. The molecule has 1 fully saturated rings. The molecule has 2 aromatic carbocycles. The van der Waals surface area contributed by atoms with E-state index in [4.69, 9.17) is 9.47 Å². The Labute approximate surface area is 144 Å². The number of aryl methyl sites for hydroxylation is 1. The number of hydrogen-bond donors (Lipinski definition) is 1. The minimum atomic E-state index is -3.74. The second kappa shape index (κ2) is 5.49. The SMILES string of the molecule is Cc1ccc(S(=O)(=O)[C@@H]2[C@H](C(=O)O)[C@H]2c2ccc3c(c2)OCO3)cc1. The molecule has 0 aromatic heterocycles. The molecule has 4 rings (SSSR count). The highest BCUT2D eigenvalue weighted by Crippen LogP contribution is 2.55. The van der Waals surface area contributed by atoms with Gasteiger partial charge in [0.25, 0.3) is 0 Å². The fourth-order valence-corrected chi connectivity index (χ4v) is 5.49. The minimum absolute atomic E-state index is 0.108. The molecular weight excluding hydrogens is 344 g/mol. The van der Waals surface area contributed by atoms with Crippen LogP contribution in [0.5, 0.6) is 11.5 Å². The Balaban J connectivity index is 1.71. The quantitative estimate of drug-likeness (QED) is 0.900. The van der Waals surface area contributed by atoms with Crippen molar-refractivity contribution >= 4 is 15.8 Å². The van der Waals surface area contributed by atoms with Gasteiger partial charge in [-0.2, -0.15) is 0 Å². The van der Waals surface area contributed by atoms with Gasteiger partial charge in [-0.3, -0.25) is 4.79 Å². The predicted molar refractivity (Wildman–Crippen MR) is 88.6 cm³/mol. The van der Waals surface area contributed by atoms with Crippen molar-refractivity contribution in [2.45, 2.75) is 23.0 Å². The van der Waals surface area contributed by atoms with E-state index in [1.54, 1.807) is 30.3 Å². The van der Waals surface area contributed by atoms with Gasteiger partial charge in [0.05, 0.1) is 16.1 Å². The molecule has 0 unspecified atom stereocenters. The second-order valence-corrected chi connectivity index (χ2v) is 8.43. The fraction of sp³-hybridized carbons (Fsp3) is 0.278. The first-order valence-electron chi connectivity index (χ1n) is 7.82. The third-order valence-electron chi connectivity index (χ3n) is 4.73. The van der Waals surface area contributed by atoms with Crippen LogP contribution >= 0.6 is 0 Å². The summed E-state index contributed by atoms with van der Waals surface area (Å²) in [6.45, 7) is 1.97. The number of sulfone groups is 1. The van der Waals surface area contributed by atoms with Crippen molar-refractivity contribution in [2.75, 3.05) is 6.79 Å². The highest BCUT2D eigenvalue weighted by Gasteiger charge is 2.63. The zero-order valence-electron chi connectivity index (χ0n) is 13.4. The van der Waals surface area contributed by atoms with E-state index in [0.717, 1.165) is 5.56 Å². The van der Waals surface area contributed by atoms with Gasteiger partial charge in [-0.05, 0) is 36.8 Å². The summed E-state index contributed by atoms with van der Waals surface area (Å²) in [5.74, 6) is -1.58. The Morgan fingerprint density at radius 2 is 1.76 bits per heavy atom. The molecule has 1 saturated carbocycles. The van der Waals surface area contributed by atoms with E-state index in [1.165, 1.54) is 12.1 Å². The average Bonchev–Trinajstić information content (AvgIpc) is 3.18. The molecule has 2 aromatic rings. The lowest BCUT2D eigenvalue weighted by atomic mass is 10.1. The number of rotatable bonds is 4. The molecule has 0 radical (unpaired) electrons. The highest BCUT2D eigenvalue weighted by atomic mass is 32.2. The summed E-state index contributed by atoms with van der Waals surface area (Å²) in [5.41, 5.74) is 1.58. The summed E-state index contributed by atoms with van der Waals surface area (Å²) in [6.07, 6.45) is 0. The van der Waals surface area contributed by atoms with Crippen molar-refractivity contribution < 1.29 is 27.8 Å². The van der Waals surface area contributed by atoms with Gasteiger partial charge in [-0.1, -0.05) is 23.8 Å². The Bertz CT molecular complexity index is 948. The molecule has 1 heterocycles. The molecule has 6 nitrogen and oxygen atoms in total. The van der Waals surface area contributed by atoms with Crippen molar-refractivity contribution in [3.8, 4) is 11.5 Å². The van der Waals surface area contributed by atoms with Crippen LogP contribution in [0.1, 0.15) is 17.0 Å². The molecule has 0 saturated heterocycles. The molecule has 130 valence electrons. The molecule has 0 amide bonds. The molecule has 0 spiro atoms. The molecule has 0 bridgehead atoms. The van der Waals surface area contributed by atoms with Gasteiger partial charge in [-0.15, -0.1) is 0 Å². The standard InChI is InChI=1S/C18H16O6S/c1-10-2-5-12(6-3-10)25(21,22)17-15(16(17)18(19)20)11-4-7-13-14(8-11)24-9-23-13/h2-8,15-17H,9H2,1H3,(H,19,20)/t15-,16-,17+/m1/s1. The normalized spacial score (nSPS) is 24.1. The lowest BCUT2D eigenvalue weighted by molar-refractivity contribution is -0.138. The van der Waals surface area contributed by atoms with Crippen LogP contribution in [0.2, 0.25) is 0 Å². The first-order valence-corrected chi connectivity index (χ1v) is 9.37. The van der Waals surface area contributed by atoms with E-state index in [-0.39, 0.29) is 11.7 Å². The van der Waals surface area contributed by atoms with E-state index in [9.17, 15) is 18.3 Å². The minimum Gasteiger partial charge on any atom is -0.481 e. The average molecular weight is 360 g/mol. The molecule has 25 heavy (non-hydrogen) atoms. The van der Waals surface area contributed by atoms with Gasteiger partial charge in [0.1, 0.15) is 0 Å². The van der Waals surface area contributed by atoms with Gasteiger partial charge in [0.15, 0.2) is 21.3 Å². The number of carboxylic acids is 1. The van der Waals surface area contributed by atoms with Crippen molar-refractivity contribution in [3.05, 3.63) is 53.6 Å². The molecule has 2 aliphatic rings. The highest BCUT2D eigenvalue weighted by molar-refractivity contribution is 7.92. The number of benzene rings is 2. The van der Waals surface area contributed by atoms with Crippen molar-refractivity contribution in [2.24, 2.45) is 5.92 Å². The lowest BCUT2D eigenvalue weighted by Crippen LogP contribution is -2.13. The zero-order chi connectivity index (χ0) is 17.8. The monoisotopic (exact) mass is 360 g/mol. The molecule has 3 atom stereocenters. The summed E-state index contributed by atoms with van der Waals surface area (Å²) in [7, 11) is -3.74. The first-order chi connectivity index (χ1) is 11.9. The fourth-order valence-electron chi connectivity index (χ4n) is 3.37. The van der Waals surface area contributed by atoms with Gasteiger partial charge >= 0.3 is 5.97 Å². The van der Waals surface area contributed by atoms with Crippen molar-refractivity contribution in [3.63, 3.8) is 0 Å². The van der Waals surface area contributed by atoms with E-state index in [0.29, 0.717) is 17.1 Å². The Kier molecular flexibility index (Phi) is 3.50. The third kappa shape index (κ3) is 2.55. The van der Waals surface area contributed by atoms with Crippen LogP contribution in [0.15, 0.2) is 47.4 Å². The summed E-state index contributed by atoms with van der Waals surface area (Å²) < 4.78 is 36.4. The van der Waals surface area contributed by atoms with E-state index < -0.39 is 32.9 Å². The Hall–Kier alpha value is -2.54. The van der Waals surface area contributed by atoms with E-state index in [1.807, 2.05) is 6.92 Å². The molecule has 1 aliphatic heterocycles. The van der Waals surface area contributed by atoms with Crippen LogP contribution in [0, 0.1) is 12.8 Å². The van der Waals surface area contributed by atoms with E-state index >= 15 is 0 Å². The van der Waals surface area contributed by atoms with Crippen LogP contribution in [-0.2, 0) is 14.6 Å². The number of carbonyl (C=O) groups is 1. The number of fused-ring (bicyclic) bond motifs is 1. The second-order valence-electron chi connectivity index (χ2n) is 6.33. The van der Waals surface area contributed by atoms with Crippen LogP contribution < -0.4 is 9.47 Å². The predicted octanol–water partition coefficient (Wildman–Crippen LogP) is 2.36. The zero-order valence-corrected chi connectivity index (χ0v) is 14.2. The topological polar surface area (TPSA) is 89.9 Å². The number of aliphatic carboxylic acids is 1. The number of carboxylic acid groups (broad SMARTS) is 1. The maximum absolute atomic E-state index is 12.9. The molecule has 1 aliphatic carbocycles. The first kappa shape index (κ1) is 16.0. The van der Waals surface area contributed by atoms with Crippen LogP contribution in [0.25, 0.3) is 0 Å². The molecule has 1 N–H and O–H groups in total. The lowest BCUT2D eigenvalue weighted by Gasteiger charge is -2.05. The van der Waals surface area contributed by atoms with Gasteiger partial charge in [-0.25, -0.2) is 8.42 Å². The third-order valence-corrected chi connectivity index (χ3v) is 6.96. The van der Waals surface area contributed by atoms with Gasteiger partial charge < -0.3 is 14.6 Å². The Morgan fingerprint density at radius 1 is 1.08 bits per heavy atom. The maximum atomic E-state index is 12.9. The maximum Gasteiger partial charge on any atom is 0.308 e. The van der Waals surface area contributed by atoms with Crippen molar-refractivity contribution in [1.29, 1.82) is 0 Å². The summed E-state index contributed by atoms with van der Waals surface area (Å²) >= 11 is 0. The molecular formula is C18H16O6S. The van der Waals surface area contributed by atoms with Crippen LogP contribution in [0.4, 0.5) is 0 Å². The van der Waals surface area contributed by atoms with Crippen LogP contribution in [0.3, 0.4) is 0 Å². The summed E-state index contributed by atoms with van der Waals surface area (Å²) in [5, 5.41) is 8.50. The Morgan fingerprint density at radius 3 is 2.44 bits per heavy atom. The van der Waals surface area contributed by atoms with Crippen molar-refractivity contribution in [1.82, 2.24) is 0 Å².